The molecule has 3 aliphatic rings. The van der Waals surface area contributed by atoms with Crippen LogP contribution in [0.25, 0.3) is 0 Å². The molecule has 0 aromatic heterocycles. The first kappa shape index (κ1) is 25.9. The number of aliphatic carboxylic acids is 1. The van der Waals surface area contributed by atoms with Crippen molar-refractivity contribution in [3.63, 3.8) is 0 Å². The molecule has 0 saturated carbocycles. The van der Waals surface area contributed by atoms with Gasteiger partial charge in [-0.2, -0.15) is 0 Å². The molecule has 2 N–H and O–H groups in total. The normalized spacial score (nSPS) is 32.9. The minimum atomic E-state index is -1.12. The quantitative estimate of drug-likeness (QED) is 0.383. The second-order valence-electron chi connectivity index (χ2n) is 9.57. The molecule has 3 rings (SSSR count). The predicted octanol–water partition coefficient (Wildman–Crippen LogP) is 3.02. The highest BCUT2D eigenvalue weighted by atomic mass is 16.6. The smallest absolute Gasteiger partial charge is 0.344 e. The molecule has 1 heterocycles. The summed E-state index contributed by atoms with van der Waals surface area (Å²) in [6.45, 7) is 5.33. The van der Waals surface area contributed by atoms with Crippen molar-refractivity contribution in [3.05, 3.63) is 23.8 Å². The molecule has 1 unspecified atom stereocenters. The van der Waals surface area contributed by atoms with Gasteiger partial charge in [-0.05, 0) is 42.7 Å². The van der Waals surface area contributed by atoms with Gasteiger partial charge < -0.3 is 24.5 Å². The van der Waals surface area contributed by atoms with Crippen molar-refractivity contribution < 1.29 is 38.9 Å². The van der Waals surface area contributed by atoms with E-state index in [1.165, 1.54) is 0 Å². The lowest BCUT2D eigenvalue weighted by atomic mass is 9.66. The van der Waals surface area contributed by atoms with Crippen molar-refractivity contribution in [2.75, 3.05) is 6.61 Å². The summed E-state index contributed by atoms with van der Waals surface area (Å²) in [4.78, 5) is 40.1. The molecule has 0 spiro atoms. The number of allylic oxidation sites excluding steroid dienone is 3. The van der Waals surface area contributed by atoms with E-state index < -0.39 is 24.8 Å². The van der Waals surface area contributed by atoms with Gasteiger partial charge in [-0.1, -0.05) is 38.1 Å². The van der Waals surface area contributed by atoms with Crippen LogP contribution < -0.4 is 0 Å². The third-order valence-corrected chi connectivity index (χ3v) is 6.97. The minimum Gasteiger partial charge on any atom is -0.479 e. The van der Waals surface area contributed by atoms with Gasteiger partial charge in [0.15, 0.2) is 0 Å². The van der Waals surface area contributed by atoms with Crippen LogP contribution in [0, 0.1) is 23.7 Å². The molecule has 0 bridgehead atoms. The second-order valence-corrected chi connectivity index (χ2v) is 9.57. The van der Waals surface area contributed by atoms with E-state index in [0.29, 0.717) is 31.4 Å². The lowest BCUT2D eigenvalue weighted by Gasteiger charge is -2.42. The number of cyclic esters (lactones) is 1. The van der Waals surface area contributed by atoms with Crippen LogP contribution >= 0.6 is 0 Å². The number of esters is 2. The SMILES string of the molecule is CC[C@H](C)C(=O)O[C@H]1C/C(=N\OCC(=O)O)C=C2C=C[C@H](C)[C@H](CC[C@@H]3C[C@@H](O)CC(=O)O3)C21. The molecular weight excluding hydrogens is 442 g/mol. The van der Waals surface area contributed by atoms with Crippen molar-refractivity contribution in [2.24, 2.45) is 28.8 Å². The van der Waals surface area contributed by atoms with Gasteiger partial charge in [0.05, 0.1) is 24.2 Å². The maximum atomic E-state index is 12.7. The first-order chi connectivity index (χ1) is 16.2. The Labute approximate surface area is 199 Å². The van der Waals surface area contributed by atoms with Crippen LogP contribution in [-0.2, 0) is 28.7 Å². The summed E-state index contributed by atoms with van der Waals surface area (Å²) in [5, 5.41) is 22.7. The van der Waals surface area contributed by atoms with Gasteiger partial charge in [-0.3, -0.25) is 9.59 Å². The summed E-state index contributed by atoms with van der Waals surface area (Å²) in [5.41, 5.74) is 1.48. The third kappa shape index (κ3) is 6.68. The number of hydrogen-bond acceptors (Lipinski definition) is 8. The number of nitrogens with zero attached hydrogens (tertiary/aromatic N) is 1. The van der Waals surface area contributed by atoms with Crippen LogP contribution in [0.15, 0.2) is 29.0 Å². The number of aliphatic hydroxyl groups is 1. The maximum Gasteiger partial charge on any atom is 0.344 e. The fraction of sp³-hybridized carbons (Fsp3) is 0.680. The van der Waals surface area contributed by atoms with Gasteiger partial charge in [-0.15, -0.1) is 0 Å². The number of hydrogen-bond donors (Lipinski definition) is 2. The van der Waals surface area contributed by atoms with Gasteiger partial charge in [-0.25, -0.2) is 4.79 Å². The van der Waals surface area contributed by atoms with E-state index in [0.717, 1.165) is 12.0 Å². The van der Waals surface area contributed by atoms with Crippen LogP contribution in [-0.4, -0.2) is 58.8 Å². The Morgan fingerprint density at radius 3 is 2.74 bits per heavy atom. The fourth-order valence-corrected chi connectivity index (χ4v) is 4.95. The van der Waals surface area contributed by atoms with Gasteiger partial charge >= 0.3 is 17.9 Å². The summed E-state index contributed by atoms with van der Waals surface area (Å²) < 4.78 is 11.4. The van der Waals surface area contributed by atoms with Crippen LogP contribution in [0.5, 0.6) is 0 Å². The maximum absolute atomic E-state index is 12.7. The topological polar surface area (TPSA) is 132 Å². The van der Waals surface area contributed by atoms with E-state index in [9.17, 15) is 19.5 Å². The van der Waals surface area contributed by atoms with Crippen molar-refractivity contribution in [3.8, 4) is 0 Å². The zero-order valence-corrected chi connectivity index (χ0v) is 20.0. The number of carboxylic acid groups (broad SMARTS) is 1. The Balaban J connectivity index is 1.81. The Hall–Kier alpha value is -2.68. The number of carbonyl (C=O) groups excluding carboxylic acids is 2. The zero-order valence-electron chi connectivity index (χ0n) is 20.0. The molecule has 188 valence electrons. The van der Waals surface area contributed by atoms with Gasteiger partial charge in [0.25, 0.3) is 0 Å². The van der Waals surface area contributed by atoms with Gasteiger partial charge in [0.2, 0.25) is 6.61 Å². The Morgan fingerprint density at radius 1 is 1.29 bits per heavy atom. The highest BCUT2D eigenvalue weighted by Gasteiger charge is 2.42. The number of carbonyl (C=O) groups is 3. The van der Waals surface area contributed by atoms with Gasteiger partial charge in [0, 0.05) is 18.8 Å². The number of rotatable bonds is 9. The van der Waals surface area contributed by atoms with Crippen molar-refractivity contribution in [1.82, 2.24) is 0 Å². The molecule has 9 heteroatoms. The first-order valence-electron chi connectivity index (χ1n) is 12.1. The molecule has 1 aliphatic heterocycles. The zero-order chi connectivity index (χ0) is 24.8. The average molecular weight is 478 g/mol. The highest BCUT2D eigenvalue weighted by Crippen LogP contribution is 2.44. The van der Waals surface area contributed by atoms with Crippen molar-refractivity contribution in [2.45, 2.75) is 77.6 Å². The van der Waals surface area contributed by atoms with E-state index in [-0.39, 0.29) is 48.1 Å². The van der Waals surface area contributed by atoms with Crippen molar-refractivity contribution >= 4 is 23.6 Å². The predicted molar refractivity (Wildman–Crippen MR) is 123 cm³/mol. The lowest BCUT2D eigenvalue weighted by molar-refractivity contribution is -0.162. The molecule has 7 atom stereocenters. The van der Waals surface area contributed by atoms with Gasteiger partial charge in [0.1, 0.15) is 12.2 Å². The molecule has 1 saturated heterocycles. The average Bonchev–Trinajstić information content (AvgIpc) is 2.77. The lowest BCUT2D eigenvalue weighted by Crippen LogP contribution is -2.42. The summed E-state index contributed by atoms with van der Waals surface area (Å²) in [7, 11) is 0. The van der Waals surface area contributed by atoms with E-state index in [4.69, 9.17) is 19.4 Å². The van der Waals surface area contributed by atoms with Crippen LogP contribution in [0.3, 0.4) is 0 Å². The number of ether oxygens (including phenoxy) is 2. The van der Waals surface area contributed by atoms with Crippen molar-refractivity contribution in [1.29, 1.82) is 0 Å². The molecule has 2 aliphatic carbocycles. The summed E-state index contributed by atoms with van der Waals surface area (Å²) in [6, 6.07) is 0. The molecule has 0 aromatic carbocycles. The monoisotopic (exact) mass is 477 g/mol. The molecule has 1 fully saturated rings. The minimum absolute atomic E-state index is 0.0360. The number of carboxylic acids is 1. The molecule has 0 aromatic rings. The van der Waals surface area contributed by atoms with Crippen LogP contribution in [0.4, 0.5) is 0 Å². The number of oxime groups is 1. The Morgan fingerprint density at radius 2 is 2.06 bits per heavy atom. The van der Waals surface area contributed by atoms with E-state index >= 15 is 0 Å². The molecular formula is C25H35NO8. The van der Waals surface area contributed by atoms with Crippen LogP contribution in [0.2, 0.25) is 0 Å². The standard InChI is InChI=1S/C25H35NO8/c1-4-14(2)25(31)34-21-10-17(26-32-13-22(28)29)9-16-6-5-15(3)20(24(16)21)8-7-19-11-18(27)12-23(30)33-19/h5-6,9,14-15,18-21,24,27H,4,7-8,10-13H2,1-3H3,(H,28,29)/b26-17-/t14-,15-,18+,19+,20-,21-,24?/m0/s1. The Bertz CT molecular complexity index is 863. The molecule has 0 amide bonds. The van der Waals surface area contributed by atoms with Crippen LogP contribution in [0.1, 0.15) is 59.3 Å². The third-order valence-electron chi connectivity index (χ3n) is 6.97. The summed E-state index contributed by atoms with van der Waals surface area (Å²) in [6.07, 6.45) is 7.32. The summed E-state index contributed by atoms with van der Waals surface area (Å²) >= 11 is 0. The molecule has 34 heavy (non-hydrogen) atoms. The first-order valence-corrected chi connectivity index (χ1v) is 12.1. The molecule has 0 radical (unpaired) electrons. The summed E-state index contributed by atoms with van der Waals surface area (Å²) in [5.74, 6) is -1.74. The van der Waals surface area contributed by atoms with E-state index in [2.05, 4.69) is 18.2 Å². The second kappa shape index (κ2) is 11.6. The molecule has 9 nitrogen and oxygen atoms in total. The number of aliphatic hydroxyl groups excluding tert-OH is 1. The largest absolute Gasteiger partial charge is 0.479 e. The van der Waals surface area contributed by atoms with E-state index in [1.807, 2.05) is 26.0 Å². The highest BCUT2D eigenvalue weighted by molar-refractivity contribution is 5.97. The Kier molecular flexibility index (Phi) is 8.88. The fourth-order valence-electron chi connectivity index (χ4n) is 4.95. The number of fused-ring (bicyclic) bond motifs is 1. The van der Waals surface area contributed by atoms with E-state index in [1.54, 1.807) is 0 Å².